The Labute approximate surface area is 108 Å². The molecule has 0 fully saturated rings. The molecular weight excluding hydrogens is 261 g/mol. The van der Waals surface area contributed by atoms with Crippen LogP contribution in [0, 0.1) is 5.92 Å². The van der Waals surface area contributed by atoms with Crippen molar-refractivity contribution < 1.29 is 23.1 Å². The van der Waals surface area contributed by atoms with Gasteiger partial charge in [-0.25, -0.2) is 4.79 Å². The molecule has 1 aromatic rings. The number of hydrogen-bond acceptors (Lipinski definition) is 3. The fraction of sp³-hybridized carbons (Fsp3) is 0.500. The van der Waals surface area contributed by atoms with Crippen molar-refractivity contribution in [3.05, 3.63) is 24.0 Å². The maximum absolute atomic E-state index is 12.5. The lowest BCUT2D eigenvalue weighted by molar-refractivity contribution is -0.141. The Morgan fingerprint density at radius 1 is 1.47 bits per heavy atom. The molecule has 1 rings (SSSR count). The highest BCUT2D eigenvalue weighted by Crippen LogP contribution is 2.29. The second-order valence-electron chi connectivity index (χ2n) is 4.59. The van der Waals surface area contributed by atoms with E-state index in [1.54, 1.807) is 0 Å². The SMILES string of the molecule is CC(C)C[C@H](Nc1ccnc(C(F)(F)F)c1)C(=O)O. The van der Waals surface area contributed by atoms with Gasteiger partial charge >= 0.3 is 12.1 Å². The Morgan fingerprint density at radius 2 is 2.11 bits per heavy atom. The molecule has 1 atom stereocenters. The number of nitrogens with one attached hydrogen (secondary N) is 1. The van der Waals surface area contributed by atoms with Crippen LogP contribution in [0.1, 0.15) is 26.0 Å². The summed E-state index contributed by atoms with van der Waals surface area (Å²) in [6.07, 6.45) is -3.23. The molecule has 1 aromatic heterocycles. The number of pyridine rings is 1. The number of hydrogen-bond donors (Lipinski definition) is 2. The summed E-state index contributed by atoms with van der Waals surface area (Å²) in [6, 6.07) is 1.19. The van der Waals surface area contributed by atoms with E-state index in [2.05, 4.69) is 10.3 Å². The van der Waals surface area contributed by atoms with Gasteiger partial charge in [-0.2, -0.15) is 13.2 Å². The van der Waals surface area contributed by atoms with E-state index >= 15 is 0 Å². The Kier molecular flexibility index (Phi) is 4.74. The van der Waals surface area contributed by atoms with Crippen molar-refractivity contribution in [2.45, 2.75) is 32.5 Å². The minimum atomic E-state index is -4.55. The van der Waals surface area contributed by atoms with Crippen molar-refractivity contribution in [2.24, 2.45) is 5.92 Å². The van der Waals surface area contributed by atoms with Gasteiger partial charge in [0.2, 0.25) is 0 Å². The number of carboxylic acids is 1. The van der Waals surface area contributed by atoms with Gasteiger partial charge in [0.15, 0.2) is 0 Å². The molecule has 0 bridgehead atoms. The zero-order valence-electron chi connectivity index (χ0n) is 10.5. The fourth-order valence-corrected chi connectivity index (χ4v) is 1.57. The molecule has 0 spiro atoms. The van der Waals surface area contributed by atoms with Crippen molar-refractivity contribution >= 4 is 11.7 Å². The van der Waals surface area contributed by atoms with Gasteiger partial charge < -0.3 is 10.4 Å². The molecule has 19 heavy (non-hydrogen) atoms. The number of aliphatic carboxylic acids is 1. The van der Waals surface area contributed by atoms with Crippen LogP contribution < -0.4 is 5.32 Å². The summed E-state index contributed by atoms with van der Waals surface area (Å²) in [7, 11) is 0. The number of alkyl halides is 3. The first-order valence-corrected chi connectivity index (χ1v) is 5.72. The van der Waals surface area contributed by atoms with E-state index in [1.807, 2.05) is 13.8 Å². The molecule has 4 nitrogen and oxygen atoms in total. The molecule has 0 saturated heterocycles. The van der Waals surface area contributed by atoms with Crippen LogP contribution in [-0.4, -0.2) is 22.1 Å². The molecule has 2 N–H and O–H groups in total. The van der Waals surface area contributed by atoms with Gasteiger partial charge in [-0.05, 0) is 24.5 Å². The number of carbonyl (C=O) groups is 1. The minimum absolute atomic E-state index is 0.0929. The first-order valence-electron chi connectivity index (χ1n) is 5.72. The van der Waals surface area contributed by atoms with E-state index in [1.165, 1.54) is 6.07 Å². The molecule has 0 radical (unpaired) electrons. The number of carboxylic acid groups (broad SMARTS) is 1. The van der Waals surface area contributed by atoms with Crippen LogP contribution >= 0.6 is 0 Å². The monoisotopic (exact) mass is 276 g/mol. The molecule has 7 heteroatoms. The second-order valence-corrected chi connectivity index (χ2v) is 4.59. The van der Waals surface area contributed by atoms with E-state index in [0.29, 0.717) is 6.42 Å². The molecule has 0 aromatic carbocycles. The van der Waals surface area contributed by atoms with Crippen molar-refractivity contribution in [2.75, 3.05) is 5.32 Å². The molecule has 106 valence electrons. The van der Waals surface area contributed by atoms with Crippen molar-refractivity contribution in [1.29, 1.82) is 0 Å². The lowest BCUT2D eigenvalue weighted by Crippen LogP contribution is -2.30. The molecule has 0 amide bonds. The second kappa shape index (κ2) is 5.90. The quantitative estimate of drug-likeness (QED) is 0.867. The zero-order chi connectivity index (χ0) is 14.6. The molecule has 1 heterocycles. The molecule has 0 saturated carbocycles. The number of nitrogens with zero attached hydrogens (tertiary/aromatic N) is 1. The Balaban J connectivity index is 2.88. The van der Waals surface area contributed by atoms with Crippen LogP contribution in [0.3, 0.4) is 0 Å². The van der Waals surface area contributed by atoms with Crippen LogP contribution in [-0.2, 0) is 11.0 Å². The normalized spacial score (nSPS) is 13.4. The summed E-state index contributed by atoms with van der Waals surface area (Å²) in [6.45, 7) is 3.68. The number of halogens is 3. The maximum Gasteiger partial charge on any atom is 0.433 e. The fourth-order valence-electron chi connectivity index (χ4n) is 1.57. The highest BCUT2D eigenvalue weighted by atomic mass is 19.4. The van der Waals surface area contributed by atoms with Crippen LogP contribution in [0.15, 0.2) is 18.3 Å². The molecule has 0 unspecified atom stereocenters. The van der Waals surface area contributed by atoms with Crippen molar-refractivity contribution in [3.63, 3.8) is 0 Å². The average molecular weight is 276 g/mol. The van der Waals surface area contributed by atoms with E-state index in [9.17, 15) is 18.0 Å². The zero-order valence-corrected chi connectivity index (χ0v) is 10.5. The van der Waals surface area contributed by atoms with Gasteiger partial charge in [0.1, 0.15) is 11.7 Å². The average Bonchev–Trinajstić information content (AvgIpc) is 2.26. The van der Waals surface area contributed by atoms with Gasteiger partial charge in [0.25, 0.3) is 0 Å². The predicted octanol–water partition coefficient (Wildman–Crippen LogP) is 3.01. The highest BCUT2D eigenvalue weighted by Gasteiger charge is 2.32. The Bertz CT molecular complexity index is 447. The molecule has 0 aliphatic carbocycles. The lowest BCUT2D eigenvalue weighted by atomic mass is 10.0. The summed E-state index contributed by atoms with van der Waals surface area (Å²) in [5.74, 6) is -0.989. The minimum Gasteiger partial charge on any atom is -0.480 e. The first kappa shape index (κ1) is 15.3. The maximum atomic E-state index is 12.5. The topological polar surface area (TPSA) is 62.2 Å². The number of aromatic nitrogens is 1. The molecule has 0 aliphatic heterocycles. The predicted molar refractivity (Wildman–Crippen MR) is 63.7 cm³/mol. The van der Waals surface area contributed by atoms with E-state index in [-0.39, 0.29) is 11.6 Å². The third-order valence-electron chi connectivity index (χ3n) is 2.40. The van der Waals surface area contributed by atoms with Crippen molar-refractivity contribution in [1.82, 2.24) is 4.98 Å². The van der Waals surface area contributed by atoms with Gasteiger partial charge in [-0.3, -0.25) is 4.98 Å². The Hall–Kier alpha value is -1.79. The highest BCUT2D eigenvalue weighted by molar-refractivity contribution is 5.77. The summed E-state index contributed by atoms with van der Waals surface area (Å²) < 4.78 is 37.4. The first-order chi connectivity index (χ1) is 8.70. The van der Waals surface area contributed by atoms with Crippen LogP contribution in [0.4, 0.5) is 18.9 Å². The summed E-state index contributed by atoms with van der Waals surface area (Å²) in [5, 5.41) is 11.6. The smallest absolute Gasteiger partial charge is 0.433 e. The van der Waals surface area contributed by atoms with E-state index in [0.717, 1.165) is 12.3 Å². The van der Waals surface area contributed by atoms with Crippen LogP contribution in [0.25, 0.3) is 0 Å². The van der Waals surface area contributed by atoms with Crippen LogP contribution in [0.5, 0.6) is 0 Å². The lowest BCUT2D eigenvalue weighted by Gasteiger charge is -2.18. The summed E-state index contributed by atoms with van der Waals surface area (Å²) >= 11 is 0. The van der Waals surface area contributed by atoms with E-state index in [4.69, 9.17) is 5.11 Å². The molecular formula is C12H15F3N2O2. The van der Waals surface area contributed by atoms with Crippen molar-refractivity contribution in [3.8, 4) is 0 Å². The number of anilines is 1. The Morgan fingerprint density at radius 3 is 2.58 bits per heavy atom. The standard InChI is InChI=1S/C12H15F3N2O2/c1-7(2)5-9(11(18)19)17-8-3-4-16-10(6-8)12(13,14)15/h3-4,6-7,9H,5H2,1-2H3,(H,16,17)(H,18,19)/t9-/m0/s1. The van der Waals surface area contributed by atoms with E-state index < -0.39 is 23.9 Å². The summed E-state index contributed by atoms with van der Waals surface area (Å²) in [4.78, 5) is 14.2. The summed E-state index contributed by atoms with van der Waals surface area (Å²) in [5.41, 5.74) is -0.957. The van der Waals surface area contributed by atoms with Gasteiger partial charge in [0.05, 0.1) is 0 Å². The van der Waals surface area contributed by atoms with Gasteiger partial charge in [-0.1, -0.05) is 13.8 Å². The van der Waals surface area contributed by atoms with Gasteiger partial charge in [0, 0.05) is 11.9 Å². The number of rotatable bonds is 5. The third-order valence-corrected chi connectivity index (χ3v) is 2.40. The molecule has 0 aliphatic rings. The van der Waals surface area contributed by atoms with Gasteiger partial charge in [-0.15, -0.1) is 0 Å². The third kappa shape index (κ3) is 4.76. The largest absolute Gasteiger partial charge is 0.480 e. The van der Waals surface area contributed by atoms with Crippen LogP contribution in [0.2, 0.25) is 0 Å².